The lowest BCUT2D eigenvalue weighted by Crippen LogP contribution is -2.43. The highest BCUT2D eigenvalue weighted by Crippen LogP contribution is 2.36. The molecule has 2 aromatic rings. The molecule has 21 heavy (non-hydrogen) atoms. The van der Waals surface area contributed by atoms with Crippen LogP contribution in [0.15, 0.2) is 54.6 Å². The number of hydrogen-bond donors (Lipinski definition) is 2. The van der Waals surface area contributed by atoms with Crippen molar-refractivity contribution in [3.63, 3.8) is 0 Å². The van der Waals surface area contributed by atoms with E-state index in [1.807, 2.05) is 30.3 Å². The fraction of sp³-hybridized carbons (Fsp3) is 0.278. The van der Waals surface area contributed by atoms with Gasteiger partial charge in [0.15, 0.2) is 0 Å². The van der Waals surface area contributed by atoms with E-state index in [2.05, 4.69) is 29.6 Å². The van der Waals surface area contributed by atoms with Crippen molar-refractivity contribution in [2.24, 2.45) is 5.73 Å². The number of nitrogens with one attached hydrogen (secondary N) is 1. The maximum atomic E-state index is 12.1. The minimum absolute atomic E-state index is 0.00934. The van der Waals surface area contributed by atoms with Gasteiger partial charge in [-0.1, -0.05) is 42.5 Å². The van der Waals surface area contributed by atoms with E-state index in [1.165, 1.54) is 5.56 Å². The zero-order chi connectivity index (χ0) is 14.7. The molecule has 0 radical (unpaired) electrons. The van der Waals surface area contributed by atoms with Gasteiger partial charge in [-0.2, -0.15) is 0 Å². The summed E-state index contributed by atoms with van der Waals surface area (Å²) in [4.78, 5) is 12.1. The Morgan fingerprint density at radius 3 is 2.33 bits per heavy atom. The van der Waals surface area contributed by atoms with Gasteiger partial charge in [-0.15, -0.1) is 0 Å². The number of carbonyl (C=O) groups excluding carboxylic acids is 1. The quantitative estimate of drug-likeness (QED) is 0.905. The highest BCUT2D eigenvalue weighted by Gasteiger charge is 2.31. The van der Waals surface area contributed by atoms with E-state index >= 15 is 0 Å². The Labute approximate surface area is 125 Å². The Morgan fingerprint density at radius 2 is 1.71 bits per heavy atom. The molecule has 1 aliphatic rings. The third kappa shape index (κ3) is 3.14. The van der Waals surface area contributed by atoms with E-state index in [-0.39, 0.29) is 11.9 Å². The van der Waals surface area contributed by atoms with Crippen LogP contribution in [0.5, 0.6) is 0 Å². The van der Waals surface area contributed by atoms with Gasteiger partial charge in [-0.3, -0.25) is 4.79 Å². The molecule has 0 aliphatic heterocycles. The Bertz CT molecular complexity index is 601. The number of rotatable bonds is 4. The number of nitrogens with two attached hydrogens (primary N) is 1. The molecule has 3 nitrogen and oxygen atoms in total. The summed E-state index contributed by atoms with van der Waals surface area (Å²) in [6, 6.07) is 18.3. The fourth-order valence-electron chi connectivity index (χ4n) is 2.79. The molecule has 0 spiro atoms. The molecule has 2 aromatic carbocycles. The van der Waals surface area contributed by atoms with Crippen molar-refractivity contribution in [3.8, 4) is 0 Å². The largest absolute Gasteiger partial charge is 0.349 e. The summed E-state index contributed by atoms with van der Waals surface area (Å²) in [7, 11) is 0. The summed E-state index contributed by atoms with van der Waals surface area (Å²) in [6.07, 6.45) is 2.05. The van der Waals surface area contributed by atoms with Crippen molar-refractivity contribution in [2.45, 2.75) is 31.3 Å². The van der Waals surface area contributed by atoms with Gasteiger partial charge in [-0.05, 0) is 42.0 Å². The van der Waals surface area contributed by atoms with Crippen LogP contribution in [0.1, 0.15) is 40.2 Å². The molecule has 1 saturated carbocycles. The third-order valence-corrected chi connectivity index (χ3v) is 4.20. The Kier molecular flexibility index (Phi) is 4.02. The minimum Gasteiger partial charge on any atom is -0.349 e. The van der Waals surface area contributed by atoms with Gasteiger partial charge in [0.2, 0.25) is 0 Å². The SMILES string of the molecule is NCc1ccc(C(=O)NC2CC(c3ccccc3)C2)cc1. The lowest BCUT2D eigenvalue weighted by molar-refractivity contribution is 0.0909. The van der Waals surface area contributed by atoms with Crippen LogP contribution in [0.4, 0.5) is 0 Å². The van der Waals surface area contributed by atoms with Crippen LogP contribution < -0.4 is 11.1 Å². The first-order valence-electron chi connectivity index (χ1n) is 7.41. The van der Waals surface area contributed by atoms with Crippen LogP contribution in [0, 0.1) is 0 Å². The second-order valence-electron chi connectivity index (χ2n) is 5.65. The van der Waals surface area contributed by atoms with Gasteiger partial charge in [0.05, 0.1) is 0 Å². The number of carbonyl (C=O) groups is 1. The highest BCUT2D eigenvalue weighted by atomic mass is 16.1. The van der Waals surface area contributed by atoms with Crippen molar-refractivity contribution in [3.05, 3.63) is 71.3 Å². The van der Waals surface area contributed by atoms with E-state index in [0.717, 1.165) is 18.4 Å². The van der Waals surface area contributed by atoms with Gasteiger partial charge < -0.3 is 11.1 Å². The maximum Gasteiger partial charge on any atom is 0.251 e. The van der Waals surface area contributed by atoms with E-state index < -0.39 is 0 Å². The zero-order valence-corrected chi connectivity index (χ0v) is 12.0. The van der Waals surface area contributed by atoms with Crippen LogP contribution in [-0.4, -0.2) is 11.9 Å². The van der Waals surface area contributed by atoms with Crippen LogP contribution >= 0.6 is 0 Å². The van der Waals surface area contributed by atoms with Crippen LogP contribution in [0.3, 0.4) is 0 Å². The molecule has 1 fully saturated rings. The van der Waals surface area contributed by atoms with Crippen LogP contribution in [-0.2, 0) is 6.54 Å². The first kappa shape index (κ1) is 13.8. The average Bonchev–Trinajstić information content (AvgIpc) is 2.51. The second-order valence-corrected chi connectivity index (χ2v) is 5.65. The molecule has 108 valence electrons. The van der Waals surface area contributed by atoms with E-state index in [4.69, 9.17) is 5.73 Å². The van der Waals surface area contributed by atoms with Gasteiger partial charge in [0.25, 0.3) is 5.91 Å². The number of hydrogen-bond acceptors (Lipinski definition) is 2. The predicted octanol–water partition coefficient (Wildman–Crippen LogP) is 2.82. The standard InChI is InChI=1S/C18H20N2O/c19-12-13-6-8-15(9-7-13)18(21)20-17-10-16(11-17)14-4-2-1-3-5-14/h1-9,16-17H,10-12,19H2,(H,20,21). The molecule has 3 heteroatoms. The lowest BCUT2D eigenvalue weighted by Gasteiger charge is -2.36. The molecular formula is C18H20N2O. The van der Waals surface area contributed by atoms with Crippen LogP contribution in [0.2, 0.25) is 0 Å². The summed E-state index contributed by atoms with van der Waals surface area (Å²) in [5.74, 6) is 0.589. The summed E-state index contributed by atoms with van der Waals surface area (Å²) in [5, 5.41) is 3.10. The summed E-state index contributed by atoms with van der Waals surface area (Å²) in [6.45, 7) is 0.503. The summed E-state index contributed by atoms with van der Waals surface area (Å²) < 4.78 is 0. The van der Waals surface area contributed by atoms with Gasteiger partial charge in [0.1, 0.15) is 0 Å². The molecule has 0 aromatic heterocycles. The molecular weight excluding hydrogens is 260 g/mol. The zero-order valence-electron chi connectivity index (χ0n) is 12.0. The third-order valence-electron chi connectivity index (χ3n) is 4.20. The maximum absolute atomic E-state index is 12.1. The Balaban J connectivity index is 1.53. The van der Waals surface area contributed by atoms with Gasteiger partial charge in [0, 0.05) is 18.2 Å². The molecule has 0 bridgehead atoms. The number of benzene rings is 2. The van der Waals surface area contributed by atoms with E-state index in [1.54, 1.807) is 0 Å². The topological polar surface area (TPSA) is 55.1 Å². The lowest BCUT2D eigenvalue weighted by atomic mass is 9.76. The summed E-state index contributed by atoms with van der Waals surface area (Å²) in [5.41, 5.74) is 8.67. The van der Waals surface area contributed by atoms with Gasteiger partial charge >= 0.3 is 0 Å². The molecule has 0 heterocycles. The Morgan fingerprint density at radius 1 is 1.05 bits per heavy atom. The van der Waals surface area contributed by atoms with Crippen molar-refractivity contribution < 1.29 is 4.79 Å². The van der Waals surface area contributed by atoms with E-state index in [0.29, 0.717) is 18.0 Å². The van der Waals surface area contributed by atoms with Crippen molar-refractivity contribution in [2.75, 3.05) is 0 Å². The Hall–Kier alpha value is -2.13. The monoisotopic (exact) mass is 280 g/mol. The molecule has 1 amide bonds. The van der Waals surface area contributed by atoms with Crippen LogP contribution in [0.25, 0.3) is 0 Å². The molecule has 0 saturated heterocycles. The average molecular weight is 280 g/mol. The highest BCUT2D eigenvalue weighted by molar-refractivity contribution is 5.94. The second kappa shape index (κ2) is 6.10. The first-order valence-corrected chi connectivity index (χ1v) is 7.41. The van der Waals surface area contributed by atoms with Crippen molar-refractivity contribution in [1.82, 2.24) is 5.32 Å². The smallest absolute Gasteiger partial charge is 0.251 e. The number of amides is 1. The predicted molar refractivity (Wildman–Crippen MR) is 84.0 cm³/mol. The molecule has 1 aliphatic carbocycles. The molecule has 3 rings (SSSR count). The minimum atomic E-state index is 0.00934. The first-order chi connectivity index (χ1) is 10.3. The van der Waals surface area contributed by atoms with E-state index in [9.17, 15) is 4.79 Å². The molecule has 3 N–H and O–H groups in total. The van der Waals surface area contributed by atoms with Crippen molar-refractivity contribution >= 4 is 5.91 Å². The molecule has 0 atom stereocenters. The fourth-order valence-corrected chi connectivity index (χ4v) is 2.79. The van der Waals surface area contributed by atoms with Crippen molar-refractivity contribution in [1.29, 1.82) is 0 Å². The summed E-state index contributed by atoms with van der Waals surface area (Å²) >= 11 is 0. The molecule has 0 unspecified atom stereocenters. The normalized spacial score (nSPS) is 20.6. The van der Waals surface area contributed by atoms with Gasteiger partial charge in [-0.25, -0.2) is 0 Å².